The van der Waals surface area contributed by atoms with Crippen LogP contribution in [0, 0.1) is 13.8 Å². The number of hydrogen-bond donors (Lipinski definition) is 1. The lowest BCUT2D eigenvalue weighted by Gasteiger charge is -2.33. The summed E-state index contributed by atoms with van der Waals surface area (Å²) in [7, 11) is 0. The number of rotatable bonds is 3. The van der Waals surface area contributed by atoms with Gasteiger partial charge in [0.05, 0.1) is 18.3 Å². The van der Waals surface area contributed by atoms with E-state index in [2.05, 4.69) is 25.1 Å². The molecule has 1 unspecified atom stereocenters. The zero-order chi connectivity index (χ0) is 13.2. The van der Waals surface area contributed by atoms with Gasteiger partial charge in [0, 0.05) is 0 Å². The fourth-order valence-electron chi connectivity index (χ4n) is 2.65. The number of hydrogen-bond acceptors (Lipinski definition) is 5. The first-order valence-corrected chi connectivity index (χ1v) is 6.76. The van der Waals surface area contributed by atoms with E-state index in [-0.39, 0.29) is 0 Å². The molecule has 1 N–H and O–H groups in total. The number of aryl methyl sites for hydroxylation is 2. The number of nitrogens with zero attached hydrogens (tertiary/aromatic N) is 4. The Kier molecular flexibility index (Phi) is 3.33. The van der Waals surface area contributed by atoms with Crippen molar-refractivity contribution in [1.82, 2.24) is 25.1 Å². The van der Waals surface area contributed by atoms with Crippen LogP contribution in [-0.4, -0.2) is 31.6 Å². The van der Waals surface area contributed by atoms with E-state index in [1.54, 1.807) is 6.33 Å². The lowest BCUT2D eigenvalue weighted by molar-refractivity contribution is 0.121. The Labute approximate surface area is 112 Å². The number of piperidine rings is 1. The first-order valence-electron chi connectivity index (χ1n) is 6.76. The summed E-state index contributed by atoms with van der Waals surface area (Å²) in [5.41, 5.74) is 0.975. The maximum atomic E-state index is 5.68. The number of aromatic amines is 1. The molecule has 102 valence electrons. The van der Waals surface area contributed by atoms with Crippen molar-refractivity contribution in [3.05, 3.63) is 29.5 Å². The number of nitrogens with one attached hydrogen (secondary N) is 1. The van der Waals surface area contributed by atoms with E-state index < -0.39 is 0 Å². The zero-order valence-corrected chi connectivity index (χ0v) is 11.4. The number of H-pyrrole nitrogens is 1. The molecule has 6 nitrogen and oxygen atoms in total. The van der Waals surface area contributed by atoms with Crippen molar-refractivity contribution in [1.29, 1.82) is 0 Å². The molecule has 0 spiro atoms. The Bertz CT molecular complexity index is 514. The third-order valence-electron chi connectivity index (χ3n) is 3.77. The standard InChI is InChI=1S/C13H19N5O/c1-9-10(2)19-12(16-9)7-18-6-4-3-5-11(18)13-14-8-15-17-13/h8,11H,3-7H2,1-2H3,(H,14,15,17). The molecule has 1 fully saturated rings. The second-order valence-corrected chi connectivity index (χ2v) is 5.10. The van der Waals surface area contributed by atoms with Crippen LogP contribution in [0.25, 0.3) is 0 Å². The van der Waals surface area contributed by atoms with Crippen molar-refractivity contribution in [2.75, 3.05) is 6.54 Å². The normalized spacial score (nSPS) is 20.8. The maximum absolute atomic E-state index is 5.68. The molecular weight excluding hydrogens is 242 g/mol. The van der Waals surface area contributed by atoms with Gasteiger partial charge >= 0.3 is 0 Å². The van der Waals surface area contributed by atoms with Crippen LogP contribution >= 0.6 is 0 Å². The molecule has 2 aromatic heterocycles. The molecule has 0 aliphatic carbocycles. The van der Waals surface area contributed by atoms with Crippen LogP contribution in [0.5, 0.6) is 0 Å². The third-order valence-corrected chi connectivity index (χ3v) is 3.77. The average Bonchev–Trinajstić information content (AvgIpc) is 3.02. The summed E-state index contributed by atoms with van der Waals surface area (Å²) in [5, 5.41) is 6.94. The topological polar surface area (TPSA) is 70.8 Å². The molecule has 3 heterocycles. The maximum Gasteiger partial charge on any atom is 0.208 e. The molecule has 1 aliphatic heterocycles. The molecule has 1 atom stereocenters. The summed E-state index contributed by atoms with van der Waals surface area (Å²) in [4.78, 5) is 11.1. The quantitative estimate of drug-likeness (QED) is 0.916. The van der Waals surface area contributed by atoms with Crippen LogP contribution in [0.4, 0.5) is 0 Å². The van der Waals surface area contributed by atoms with Crippen molar-refractivity contribution >= 4 is 0 Å². The van der Waals surface area contributed by atoms with Gasteiger partial charge in [0.1, 0.15) is 17.9 Å². The predicted octanol–water partition coefficient (Wildman–Crippen LogP) is 2.14. The van der Waals surface area contributed by atoms with E-state index in [0.717, 1.165) is 42.7 Å². The molecule has 0 radical (unpaired) electrons. The van der Waals surface area contributed by atoms with Crippen LogP contribution in [0.3, 0.4) is 0 Å². The van der Waals surface area contributed by atoms with Gasteiger partial charge in [0.25, 0.3) is 0 Å². The van der Waals surface area contributed by atoms with E-state index in [1.165, 1.54) is 12.8 Å². The smallest absolute Gasteiger partial charge is 0.208 e. The van der Waals surface area contributed by atoms with Gasteiger partial charge in [-0.15, -0.1) is 0 Å². The Morgan fingerprint density at radius 3 is 3.00 bits per heavy atom. The minimum Gasteiger partial charge on any atom is -0.444 e. The van der Waals surface area contributed by atoms with Crippen LogP contribution in [0.15, 0.2) is 10.7 Å². The van der Waals surface area contributed by atoms with Crippen molar-refractivity contribution in [3.63, 3.8) is 0 Å². The minimum absolute atomic E-state index is 0.295. The number of oxazole rings is 1. The highest BCUT2D eigenvalue weighted by molar-refractivity contribution is 5.06. The first kappa shape index (κ1) is 12.3. The van der Waals surface area contributed by atoms with Crippen LogP contribution in [0.2, 0.25) is 0 Å². The molecule has 0 aromatic carbocycles. The summed E-state index contributed by atoms with van der Waals surface area (Å²) in [5.74, 6) is 2.64. The minimum atomic E-state index is 0.295. The van der Waals surface area contributed by atoms with Crippen molar-refractivity contribution < 1.29 is 4.42 Å². The Hall–Kier alpha value is -1.69. The highest BCUT2D eigenvalue weighted by Gasteiger charge is 2.27. The van der Waals surface area contributed by atoms with E-state index in [1.807, 2.05) is 13.8 Å². The predicted molar refractivity (Wildman–Crippen MR) is 69.4 cm³/mol. The van der Waals surface area contributed by atoms with E-state index >= 15 is 0 Å². The Morgan fingerprint density at radius 1 is 1.42 bits per heavy atom. The lowest BCUT2D eigenvalue weighted by Crippen LogP contribution is -2.33. The molecule has 1 aliphatic rings. The van der Waals surface area contributed by atoms with Gasteiger partial charge in [-0.3, -0.25) is 10.00 Å². The van der Waals surface area contributed by atoms with Gasteiger partial charge in [-0.1, -0.05) is 6.42 Å². The largest absolute Gasteiger partial charge is 0.444 e. The van der Waals surface area contributed by atoms with Crippen molar-refractivity contribution in [2.45, 2.75) is 45.7 Å². The van der Waals surface area contributed by atoms with Crippen LogP contribution < -0.4 is 0 Å². The fraction of sp³-hybridized carbons (Fsp3) is 0.615. The first-order chi connectivity index (χ1) is 9.24. The summed E-state index contributed by atoms with van der Waals surface area (Å²) in [6.07, 6.45) is 5.12. The van der Waals surface area contributed by atoms with Gasteiger partial charge in [0.15, 0.2) is 0 Å². The molecular formula is C13H19N5O. The average molecular weight is 261 g/mol. The molecule has 0 bridgehead atoms. The summed E-state index contributed by atoms with van der Waals surface area (Å²) in [6, 6.07) is 0.295. The summed E-state index contributed by atoms with van der Waals surface area (Å²) < 4.78 is 5.68. The SMILES string of the molecule is Cc1nc(CN2CCCCC2c2ncn[nH]2)oc1C. The highest BCUT2D eigenvalue weighted by atomic mass is 16.4. The summed E-state index contributed by atoms with van der Waals surface area (Å²) >= 11 is 0. The number of likely N-dealkylation sites (tertiary alicyclic amines) is 1. The van der Waals surface area contributed by atoms with Crippen molar-refractivity contribution in [3.8, 4) is 0 Å². The van der Waals surface area contributed by atoms with Gasteiger partial charge in [-0.2, -0.15) is 5.10 Å². The monoisotopic (exact) mass is 261 g/mol. The van der Waals surface area contributed by atoms with Crippen LogP contribution in [-0.2, 0) is 6.54 Å². The second-order valence-electron chi connectivity index (χ2n) is 5.10. The lowest BCUT2D eigenvalue weighted by atomic mass is 10.0. The molecule has 0 amide bonds. The van der Waals surface area contributed by atoms with E-state index in [4.69, 9.17) is 4.42 Å². The van der Waals surface area contributed by atoms with Gasteiger partial charge in [-0.25, -0.2) is 9.97 Å². The Morgan fingerprint density at radius 2 is 2.32 bits per heavy atom. The zero-order valence-electron chi connectivity index (χ0n) is 11.4. The molecule has 2 aromatic rings. The molecule has 19 heavy (non-hydrogen) atoms. The molecule has 1 saturated heterocycles. The third kappa shape index (κ3) is 2.53. The molecule has 0 saturated carbocycles. The van der Waals surface area contributed by atoms with E-state index in [0.29, 0.717) is 6.04 Å². The number of aromatic nitrogens is 4. The fourth-order valence-corrected chi connectivity index (χ4v) is 2.65. The van der Waals surface area contributed by atoms with Crippen LogP contribution in [0.1, 0.15) is 48.5 Å². The second kappa shape index (κ2) is 5.13. The van der Waals surface area contributed by atoms with Crippen molar-refractivity contribution in [2.24, 2.45) is 0 Å². The summed E-state index contributed by atoms with van der Waals surface area (Å²) in [6.45, 7) is 5.72. The highest BCUT2D eigenvalue weighted by Crippen LogP contribution is 2.29. The van der Waals surface area contributed by atoms with Gasteiger partial charge < -0.3 is 4.42 Å². The Balaban J connectivity index is 1.77. The molecule has 6 heteroatoms. The van der Waals surface area contributed by atoms with Gasteiger partial charge in [-0.05, 0) is 33.2 Å². The van der Waals surface area contributed by atoms with Gasteiger partial charge in [0.2, 0.25) is 5.89 Å². The van der Waals surface area contributed by atoms with E-state index in [9.17, 15) is 0 Å². The molecule has 3 rings (SSSR count).